The zero-order valence-corrected chi connectivity index (χ0v) is 13.8. The molecule has 2 N–H and O–H groups in total. The Morgan fingerprint density at radius 1 is 1.19 bits per heavy atom. The van der Waals surface area contributed by atoms with Gasteiger partial charge in [-0.3, -0.25) is 0 Å². The predicted molar refractivity (Wildman–Crippen MR) is 84.7 cm³/mol. The monoisotopic (exact) mass is 373 g/mol. The van der Waals surface area contributed by atoms with Gasteiger partial charge >= 0.3 is 0 Å². The molecule has 2 aromatic carbocycles. The molecule has 0 aliphatic carbocycles. The Morgan fingerprint density at radius 3 is 2.48 bits per heavy atom. The van der Waals surface area contributed by atoms with Gasteiger partial charge in [0.15, 0.2) is 0 Å². The second kappa shape index (κ2) is 6.64. The second-order valence-corrected chi connectivity index (χ2v) is 5.56. The number of hydrogen-bond acceptors (Lipinski definition) is 3. The Balaban J connectivity index is 2.50. The van der Waals surface area contributed by atoms with Crippen molar-refractivity contribution in [3.05, 3.63) is 56.8 Å². The Kier molecular flexibility index (Phi) is 5.08. The number of hydrogen-bond donors (Lipinski definition) is 1. The van der Waals surface area contributed by atoms with Gasteiger partial charge in [-0.15, -0.1) is 0 Å². The highest BCUT2D eigenvalue weighted by Gasteiger charge is 2.19. The molecule has 0 bridgehead atoms. The third-order valence-electron chi connectivity index (χ3n) is 3.15. The molecule has 0 fully saturated rings. The molecule has 0 radical (unpaired) electrons. The molecule has 112 valence electrons. The van der Waals surface area contributed by atoms with Crippen molar-refractivity contribution < 1.29 is 13.9 Å². The Labute approximate surface area is 135 Å². The highest BCUT2D eigenvalue weighted by atomic mass is 79.9. The van der Waals surface area contributed by atoms with Gasteiger partial charge in [0.2, 0.25) is 0 Å². The summed E-state index contributed by atoms with van der Waals surface area (Å²) in [5.41, 5.74) is 7.68. The normalized spacial score (nSPS) is 12.1. The lowest BCUT2D eigenvalue weighted by atomic mass is 9.98. The predicted octanol–water partition coefficient (Wildman–Crippen LogP) is 4.31. The molecule has 21 heavy (non-hydrogen) atoms. The van der Waals surface area contributed by atoms with E-state index in [0.29, 0.717) is 21.5 Å². The first-order valence-corrected chi connectivity index (χ1v) is 7.27. The molecule has 0 saturated carbocycles. The molecule has 0 aliphatic rings. The van der Waals surface area contributed by atoms with Crippen LogP contribution < -0.4 is 15.2 Å². The van der Waals surface area contributed by atoms with Crippen LogP contribution in [0.25, 0.3) is 0 Å². The molecule has 0 aliphatic heterocycles. The van der Waals surface area contributed by atoms with Gasteiger partial charge in [0.25, 0.3) is 0 Å². The molecule has 0 saturated heterocycles. The van der Waals surface area contributed by atoms with E-state index in [9.17, 15) is 4.39 Å². The van der Waals surface area contributed by atoms with E-state index in [0.717, 1.165) is 5.56 Å². The summed E-state index contributed by atoms with van der Waals surface area (Å²) in [4.78, 5) is 0. The molecular formula is C15H14BrClFNO2. The molecule has 1 unspecified atom stereocenters. The van der Waals surface area contributed by atoms with Crippen molar-refractivity contribution >= 4 is 27.5 Å². The first-order valence-electron chi connectivity index (χ1n) is 6.10. The van der Waals surface area contributed by atoms with Gasteiger partial charge in [-0.2, -0.15) is 0 Å². The van der Waals surface area contributed by atoms with Crippen molar-refractivity contribution in [2.45, 2.75) is 6.04 Å². The van der Waals surface area contributed by atoms with Crippen molar-refractivity contribution in [2.75, 3.05) is 14.2 Å². The third kappa shape index (κ3) is 3.15. The molecule has 0 amide bonds. The maximum atomic E-state index is 13.3. The van der Waals surface area contributed by atoms with E-state index < -0.39 is 11.9 Å². The van der Waals surface area contributed by atoms with Crippen LogP contribution in [-0.4, -0.2) is 14.2 Å². The van der Waals surface area contributed by atoms with E-state index in [1.54, 1.807) is 26.4 Å². The van der Waals surface area contributed by atoms with Crippen molar-refractivity contribution in [1.82, 2.24) is 0 Å². The fraction of sp³-hybridized carbons (Fsp3) is 0.200. The van der Waals surface area contributed by atoms with Crippen LogP contribution in [0.3, 0.4) is 0 Å². The van der Waals surface area contributed by atoms with Crippen LogP contribution in [0.1, 0.15) is 17.2 Å². The summed E-state index contributed by atoms with van der Waals surface area (Å²) in [6.07, 6.45) is 0. The summed E-state index contributed by atoms with van der Waals surface area (Å²) in [5, 5.41) is 0.0366. The maximum absolute atomic E-state index is 13.3. The van der Waals surface area contributed by atoms with Crippen LogP contribution in [0.2, 0.25) is 5.02 Å². The van der Waals surface area contributed by atoms with E-state index in [1.165, 1.54) is 12.1 Å². The number of nitrogens with two attached hydrogens (primary N) is 1. The van der Waals surface area contributed by atoms with Crippen LogP contribution in [0.15, 0.2) is 34.8 Å². The van der Waals surface area contributed by atoms with Gasteiger partial charge in [-0.1, -0.05) is 17.7 Å². The van der Waals surface area contributed by atoms with Gasteiger partial charge in [0, 0.05) is 5.56 Å². The fourth-order valence-corrected chi connectivity index (χ4v) is 2.92. The SMILES string of the molecule is COc1ccc(C(N)c2ccc(F)c(Cl)c2)c(OC)c1Br. The lowest BCUT2D eigenvalue weighted by Crippen LogP contribution is -2.13. The van der Waals surface area contributed by atoms with Crippen molar-refractivity contribution in [3.63, 3.8) is 0 Å². The number of methoxy groups -OCH3 is 2. The number of halogens is 3. The maximum Gasteiger partial charge on any atom is 0.141 e. The minimum atomic E-state index is -0.500. The summed E-state index contributed by atoms with van der Waals surface area (Å²) >= 11 is 9.23. The van der Waals surface area contributed by atoms with Crippen LogP contribution in [0, 0.1) is 5.82 Å². The van der Waals surface area contributed by atoms with Gasteiger partial charge in [-0.25, -0.2) is 4.39 Å². The number of ether oxygens (including phenoxy) is 2. The lowest BCUT2D eigenvalue weighted by molar-refractivity contribution is 0.385. The third-order valence-corrected chi connectivity index (χ3v) is 4.19. The summed E-state index contributed by atoms with van der Waals surface area (Å²) in [5.74, 6) is 0.734. The Morgan fingerprint density at radius 2 is 1.90 bits per heavy atom. The molecule has 2 rings (SSSR count). The molecule has 3 nitrogen and oxygen atoms in total. The largest absolute Gasteiger partial charge is 0.495 e. The lowest BCUT2D eigenvalue weighted by Gasteiger charge is -2.19. The Bertz CT molecular complexity index is 666. The highest BCUT2D eigenvalue weighted by molar-refractivity contribution is 9.10. The van der Waals surface area contributed by atoms with E-state index in [1.807, 2.05) is 6.07 Å². The van der Waals surface area contributed by atoms with E-state index in [-0.39, 0.29) is 5.02 Å². The summed E-state index contributed by atoms with van der Waals surface area (Å²) < 4.78 is 24.6. The molecular weight excluding hydrogens is 361 g/mol. The zero-order chi connectivity index (χ0) is 15.6. The van der Waals surface area contributed by atoms with Crippen LogP contribution >= 0.6 is 27.5 Å². The fourth-order valence-electron chi connectivity index (χ4n) is 2.05. The quantitative estimate of drug-likeness (QED) is 0.867. The van der Waals surface area contributed by atoms with Gasteiger partial charge < -0.3 is 15.2 Å². The average molecular weight is 375 g/mol. The van der Waals surface area contributed by atoms with Gasteiger partial charge in [0.1, 0.15) is 21.8 Å². The first kappa shape index (κ1) is 16.1. The molecule has 2 aromatic rings. The van der Waals surface area contributed by atoms with E-state index in [2.05, 4.69) is 15.9 Å². The second-order valence-electron chi connectivity index (χ2n) is 4.36. The molecule has 0 aromatic heterocycles. The standard InChI is InChI=1S/C15H14BrClFNO2/c1-20-12-6-4-9(15(21-2)13(12)16)14(19)8-3-5-11(18)10(17)7-8/h3-7,14H,19H2,1-2H3. The van der Waals surface area contributed by atoms with Crippen molar-refractivity contribution in [1.29, 1.82) is 0 Å². The van der Waals surface area contributed by atoms with Crippen LogP contribution in [0.5, 0.6) is 11.5 Å². The minimum absolute atomic E-state index is 0.0366. The van der Waals surface area contributed by atoms with Gasteiger partial charge in [-0.05, 0) is 45.8 Å². The molecule has 0 heterocycles. The summed E-state index contributed by atoms with van der Waals surface area (Å²) in [7, 11) is 3.12. The minimum Gasteiger partial charge on any atom is -0.495 e. The molecule has 0 spiro atoms. The smallest absolute Gasteiger partial charge is 0.141 e. The van der Waals surface area contributed by atoms with Crippen LogP contribution in [0.4, 0.5) is 4.39 Å². The first-order chi connectivity index (χ1) is 9.99. The van der Waals surface area contributed by atoms with E-state index >= 15 is 0 Å². The average Bonchev–Trinajstić information content (AvgIpc) is 2.49. The van der Waals surface area contributed by atoms with Crippen molar-refractivity contribution in [2.24, 2.45) is 5.73 Å². The summed E-state index contributed by atoms with van der Waals surface area (Å²) in [6.45, 7) is 0. The number of benzene rings is 2. The topological polar surface area (TPSA) is 44.5 Å². The number of rotatable bonds is 4. The van der Waals surface area contributed by atoms with Gasteiger partial charge in [0.05, 0.1) is 25.3 Å². The highest BCUT2D eigenvalue weighted by Crippen LogP contribution is 2.40. The van der Waals surface area contributed by atoms with E-state index in [4.69, 9.17) is 26.8 Å². The zero-order valence-electron chi connectivity index (χ0n) is 11.5. The van der Waals surface area contributed by atoms with Crippen LogP contribution in [-0.2, 0) is 0 Å². The molecule has 6 heteroatoms. The molecule has 1 atom stereocenters. The Hall–Kier alpha value is -1.30. The van der Waals surface area contributed by atoms with Crippen molar-refractivity contribution in [3.8, 4) is 11.5 Å². The summed E-state index contributed by atoms with van der Waals surface area (Å²) in [6, 6.07) is 7.50.